The molecule has 0 aromatic carbocycles. The van der Waals surface area contributed by atoms with E-state index in [0.717, 1.165) is 0 Å². The molecule has 0 aromatic rings. The molecule has 0 fully saturated rings. The Morgan fingerprint density at radius 3 is 2.36 bits per heavy atom. The summed E-state index contributed by atoms with van der Waals surface area (Å²) in [4.78, 5) is 20.4. The van der Waals surface area contributed by atoms with Crippen LogP contribution in [-0.4, -0.2) is 33.0 Å². The van der Waals surface area contributed by atoms with E-state index in [2.05, 4.69) is 4.74 Å². The maximum Gasteiger partial charge on any atom is 0.386 e. The highest BCUT2D eigenvalue weighted by Crippen LogP contribution is 2.22. The molecule has 1 unspecified atom stereocenters. The summed E-state index contributed by atoms with van der Waals surface area (Å²) in [5, 5.41) is 25.8. The molecule has 1 aliphatic heterocycles. The van der Waals surface area contributed by atoms with Gasteiger partial charge in [-0.15, -0.1) is 0 Å². The van der Waals surface area contributed by atoms with Gasteiger partial charge in [0.15, 0.2) is 5.76 Å². The number of hydrogen-bond donors (Lipinski definition) is 3. The molecule has 1 aliphatic rings. The molecule has 11 heavy (non-hydrogen) atoms. The number of rotatable bonds is 1. The fourth-order valence-corrected chi connectivity index (χ4v) is 0.590. The second-order valence-corrected chi connectivity index (χ2v) is 1.90. The average Bonchev–Trinajstić information content (AvgIpc) is 2.08. The van der Waals surface area contributed by atoms with Gasteiger partial charge in [-0.2, -0.15) is 0 Å². The summed E-state index contributed by atoms with van der Waals surface area (Å²) < 4.78 is 3.90. The monoisotopic (exact) mass is 160 g/mol. The molecular formula is C5H4O6. The predicted octanol–water partition coefficient (Wildman–Crippen LogP) is -1.24. The summed E-state index contributed by atoms with van der Waals surface area (Å²) in [6, 6.07) is 0. The lowest BCUT2D eigenvalue weighted by Gasteiger charge is -2.14. The van der Waals surface area contributed by atoms with Crippen LogP contribution in [0.25, 0.3) is 0 Å². The Morgan fingerprint density at radius 2 is 2.18 bits per heavy atom. The number of carboxylic acid groups (broad SMARTS) is 1. The SMILES string of the molecule is O=C1C=C(O)C(O)(C(=O)O)O1. The first kappa shape index (κ1) is 7.55. The molecule has 1 heterocycles. The summed E-state index contributed by atoms with van der Waals surface area (Å²) >= 11 is 0. The van der Waals surface area contributed by atoms with E-state index in [4.69, 9.17) is 15.3 Å². The lowest BCUT2D eigenvalue weighted by molar-refractivity contribution is -0.209. The first-order chi connectivity index (χ1) is 4.97. The van der Waals surface area contributed by atoms with Crippen LogP contribution in [0.4, 0.5) is 0 Å². The minimum absolute atomic E-state index is 0.494. The normalized spacial score (nSPS) is 29.5. The van der Waals surface area contributed by atoms with Crippen LogP contribution in [0, 0.1) is 0 Å². The van der Waals surface area contributed by atoms with Crippen molar-refractivity contribution in [3.05, 3.63) is 11.8 Å². The summed E-state index contributed by atoms with van der Waals surface area (Å²) in [5.41, 5.74) is 0. The zero-order valence-electron chi connectivity index (χ0n) is 5.14. The Morgan fingerprint density at radius 1 is 1.64 bits per heavy atom. The standard InChI is InChI=1S/C5H4O6/c6-2-1-3(7)11-5(2,10)4(8)9/h1,6,10H,(H,8,9). The fourth-order valence-electron chi connectivity index (χ4n) is 0.590. The highest BCUT2D eigenvalue weighted by Gasteiger charge is 2.49. The molecule has 0 amide bonds. The van der Waals surface area contributed by atoms with Gasteiger partial charge in [0.25, 0.3) is 0 Å². The van der Waals surface area contributed by atoms with Crippen molar-refractivity contribution < 1.29 is 29.6 Å². The van der Waals surface area contributed by atoms with Gasteiger partial charge in [0.1, 0.15) is 0 Å². The lowest BCUT2D eigenvalue weighted by Crippen LogP contribution is -2.41. The number of carbonyl (C=O) groups is 2. The van der Waals surface area contributed by atoms with Crippen LogP contribution in [-0.2, 0) is 14.3 Å². The smallest absolute Gasteiger partial charge is 0.386 e. The quantitative estimate of drug-likeness (QED) is 0.414. The first-order valence-electron chi connectivity index (χ1n) is 2.56. The van der Waals surface area contributed by atoms with E-state index >= 15 is 0 Å². The molecule has 0 aromatic heterocycles. The van der Waals surface area contributed by atoms with E-state index < -0.39 is 23.5 Å². The van der Waals surface area contributed by atoms with Crippen LogP contribution < -0.4 is 0 Å². The summed E-state index contributed by atoms with van der Waals surface area (Å²) in [7, 11) is 0. The number of aliphatic hydroxyl groups excluding tert-OH is 1. The highest BCUT2D eigenvalue weighted by atomic mass is 16.7. The number of ether oxygens (including phenoxy) is 1. The van der Waals surface area contributed by atoms with Gasteiger partial charge < -0.3 is 20.1 Å². The van der Waals surface area contributed by atoms with Crippen molar-refractivity contribution >= 4 is 11.9 Å². The van der Waals surface area contributed by atoms with Crippen LogP contribution in [0.1, 0.15) is 0 Å². The molecule has 1 atom stereocenters. The summed E-state index contributed by atoms with van der Waals surface area (Å²) in [6.45, 7) is 0. The van der Waals surface area contributed by atoms with Crippen molar-refractivity contribution in [3.8, 4) is 0 Å². The molecule has 60 valence electrons. The molecule has 3 N–H and O–H groups in total. The van der Waals surface area contributed by atoms with E-state index in [1.165, 1.54) is 0 Å². The maximum absolute atomic E-state index is 10.3. The number of aliphatic carboxylic acids is 1. The maximum atomic E-state index is 10.3. The van der Waals surface area contributed by atoms with E-state index in [-0.39, 0.29) is 0 Å². The number of cyclic esters (lactones) is 1. The average molecular weight is 160 g/mol. The molecular weight excluding hydrogens is 156 g/mol. The van der Waals surface area contributed by atoms with Crippen LogP contribution >= 0.6 is 0 Å². The van der Waals surface area contributed by atoms with Gasteiger partial charge in [0.2, 0.25) is 0 Å². The highest BCUT2D eigenvalue weighted by molar-refractivity contribution is 5.93. The minimum Gasteiger partial charge on any atom is -0.505 e. The fraction of sp³-hybridized carbons (Fsp3) is 0.200. The number of aliphatic hydroxyl groups is 2. The molecule has 6 heteroatoms. The lowest BCUT2D eigenvalue weighted by atomic mass is 10.2. The molecule has 0 aliphatic carbocycles. The van der Waals surface area contributed by atoms with Crippen LogP contribution in [0.3, 0.4) is 0 Å². The molecule has 0 saturated heterocycles. The number of hydrogen-bond acceptors (Lipinski definition) is 5. The summed E-state index contributed by atoms with van der Waals surface area (Å²) in [5.74, 6) is -6.84. The van der Waals surface area contributed by atoms with E-state index in [0.29, 0.717) is 6.08 Å². The second kappa shape index (κ2) is 1.96. The van der Waals surface area contributed by atoms with Gasteiger partial charge in [-0.3, -0.25) is 0 Å². The van der Waals surface area contributed by atoms with Crippen molar-refractivity contribution in [2.24, 2.45) is 0 Å². The van der Waals surface area contributed by atoms with Crippen molar-refractivity contribution in [3.63, 3.8) is 0 Å². The third-order valence-electron chi connectivity index (χ3n) is 1.14. The van der Waals surface area contributed by atoms with Crippen molar-refractivity contribution in [1.82, 2.24) is 0 Å². The van der Waals surface area contributed by atoms with Gasteiger partial charge in [0, 0.05) is 0 Å². The minimum atomic E-state index is -2.89. The Bertz CT molecular complexity index is 254. The molecule has 6 nitrogen and oxygen atoms in total. The van der Waals surface area contributed by atoms with E-state index in [9.17, 15) is 9.59 Å². The number of esters is 1. The molecule has 0 spiro atoms. The second-order valence-electron chi connectivity index (χ2n) is 1.90. The topological polar surface area (TPSA) is 104 Å². The van der Waals surface area contributed by atoms with Gasteiger partial charge in [-0.25, -0.2) is 9.59 Å². The zero-order valence-corrected chi connectivity index (χ0v) is 5.14. The summed E-state index contributed by atoms with van der Waals surface area (Å²) in [6.07, 6.45) is 0.494. The van der Waals surface area contributed by atoms with Gasteiger partial charge >= 0.3 is 17.7 Å². The predicted molar refractivity (Wildman–Crippen MR) is 29.4 cm³/mol. The van der Waals surface area contributed by atoms with E-state index in [1.54, 1.807) is 0 Å². The Balaban J connectivity index is 3.01. The Kier molecular flexibility index (Phi) is 1.34. The third-order valence-corrected chi connectivity index (χ3v) is 1.14. The van der Waals surface area contributed by atoms with Crippen molar-refractivity contribution in [1.29, 1.82) is 0 Å². The Labute approximate surface area is 60.3 Å². The van der Waals surface area contributed by atoms with Gasteiger partial charge in [-0.05, 0) is 0 Å². The van der Waals surface area contributed by atoms with Crippen LogP contribution in [0.15, 0.2) is 11.8 Å². The third kappa shape index (κ3) is 0.926. The van der Waals surface area contributed by atoms with Crippen LogP contribution in [0.5, 0.6) is 0 Å². The zero-order chi connectivity index (χ0) is 8.65. The molecule has 1 rings (SSSR count). The molecule has 0 saturated carbocycles. The van der Waals surface area contributed by atoms with Gasteiger partial charge in [0.05, 0.1) is 6.08 Å². The number of carbonyl (C=O) groups excluding carboxylic acids is 1. The first-order valence-corrected chi connectivity index (χ1v) is 2.56. The number of carboxylic acids is 1. The Hall–Kier alpha value is -1.56. The van der Waals surface area contributed by atoms with Gasteiger partial charge in [-0.1, -0.05) is 0 Å². The van der Waals surface area contributed by atoms with E-state index in [1.807, 2.05) is 0 Å². The van der Waals surface area contributed by atoms with Crippen molar-refractivity contribution in [2.45, 2.75) is 5.79 Å². The molecule has 0 radical (unpaired) electrons. The molecule has 0 bridgehead atoms. The van der Waals surface area contributed by atoms with Crippen LogP contribution in [0.2, 0.25) is 0 Å². The largest absolute Gasteiger partial charge is 0.505 e. The van der Waals surface area contributed by atoms with Crippen molar-refractivity contribution in [2.75, 3.05) is 0 Å².